The second-order valence-corrected chi connectivity index (χ2v) is 8.04. The largest absolute Gasteiger partial charge is 0.341 e. The lowest BCUT2D eigenvalue weighted by molar-refractivity contribution is 0.0682. The van der Waals surface area contributed by atoms with Crippen LogP contribution in [0.25, 0.3) is 0 Å². The van der Waals surface area contributed by atoms with E-state index in [4.69, 9.17) is 0 Å². The highest BCUT2D eigenvalue weighted by Gasteiger charge is 2.25. The second-order valence-electron chi connectivity index (χ2n) is 8.04. The highest BCUT2D eigenvalue weighted by molar-refractivity contribution is 5.95. The molecule has 1 aromatic heterocycles. The number of anilines is 1. The quantitative estimate of drug-likeness (QED) is 0.809. The number of aromatic nitrogens is 2. The van der Waals surface area contributed by atoms with Crippen molar-refractivity contribution in [2.24, 2.45) is 5.92 Å². The molecule has 0 saturated carbocycles. The normalized spacial score (nSPS) is 19.2. The smallest absolute Gasteiger partial charge is 0.257 e. The van der Waals surface area contributed by atoms with Crippen LogP contribution in [0, 0.1) is 12.8 Å². The molecule has 0 spiro atoms. The maximum absolute atomic E-state index is 12.9. The van der Waals surface area contributed by atoms with E-state index < -0.39 is 0 Å². The van der Waals surface area contributed by atoms with Crippen LogP contribution in [0.15, 0.2) is 6.20 Å². The lowest BCUT2D eigenvalue weighted by atomic mass is 9.93. The Labute approximate surface area is 157 Å². The number of hydrogen-bond donors (Lipinski definition) is 0. The molecule has 26 heavy (non-hydrogen) atoms. The molecule has 6 heteroatoms. The Hall–Kier alpha value is -1.69. The van der Waals surface area contributed by atoms with Crippen molar-refractivity contribution in [2.45, 2.75) is 45.4 Å². The van der Waals surface area contributed by atoms with Crippen LogP contribution in [0.3, 0.4) is 0 Å². The van der Waals surface area contributed by atoms with Gasteiger partial charge in [-0.2, -0.15) is 0 Å². The van der Waals surface area contributed by atoms with E-state index in [9.17, 15) is 4.79 Å². The molecule has 0 aromatic carbocycles. The molecular formula is C20H33N5O. The fourth-order valence-electron chi connectivity index (χ4n) is 3.95. The van der Waals surface area contributed by atoms with Crippen molar-refractivity contribution in [1.82, 2.24) is 19.8 Å². The van der Waals surface area contributed by atoms with E-state index in [2.05, 4.69) is 33.9 Å². The van der Waals surface area contributed by atoms with Gasteiger partial charge in [0, 0.05) is 32.4 Å². The molecule has 0 radical (unpaired) electrons. The fourth-order valence-corrected chi connectivity index (χ4v) is 3.95. The summed E-state index contributed by atoms with van der Waals surface area (Å²) in [6, 6.07) is 0. The third-order valence-electron chi connectivity index (χ3n) is 5.72. The number of amides is 1. The van der Waals surface area contributed by atoms with Gasteiger partial charge in [0.15, 0.2) is 0 Å². The Balaban J connectivity index is 1.58. The van der Waals surface area contributed by atoms with E-state index in [1.54, 1.807) is 6.20 Å². The summed E-state index contributed by atoms with van der Waals surface area (Å²) in [6.45, 7) is 6.81. The van der Waals surface area contributed by atoms with Crippen LogP contribution >= 0.6 is 0 Å². The number of hydrogen-bond acceptors (Lipinski definition) is 5. The van der Waals surface area contributed by atoms with Crippen LogP contribution in [0.4, 0.5) is 5.95 Å². The van der Waals surface area contributed by atoms with E-state index in [1.807, 2.05) is 11.8 Å². The highest BCUT2D eigenvalue weighted by Crippen LogP contribution is 2.23. The van der Waals surface area contributed by atoms with Crippen molar-refractivity contribution in [3.8, 4) is 0 Å². The summed E-state index contributed by atoms with van der Waals surface area (Å²) in [5.74, 6) is 1.61. The average molecular weight is 360 g/mol. The van der Waals surface area contributed by atoms with E-state index in [0.717, 1.165) is 63.1 Å². The minimum absolute atomic E-state index is 0.0961. The van der Waals surface area contributed by atoms with Crippen LogP contribution in [0.5, 0.6) is 0 Å². The maximum atomic E-state index is 12.9. The van der Waals surface area contributed by atoms with Gasteiger partial charge in [0.1, 0.15) is 0 Å². The minimum atomic E-state index is 0.0961. The predicted molar refractivity (Wildman–Crippen MR) is 105 cm³/mol. The van der Waals surface area contributed by atoms with Gasteiger partial charge in [0.25, 0.3) is 5.91 Å². The number of piperidine rings is 2. The molecule has 1 aromatic rings. The van der Waals surface area contributed by atoms with E-state index in [1.165, 1.54) is 25.7 Å². The summed E-state index contributed by atoms with van der Waals surface area (Å²) in [7, 11) is 4.24. The SMILES string of the molecule is Cc1nc(N2CCCCC2)ncc1C(=O)N1CCC(CCN(C)C)CC1. The summed E-state index contributed by atoms with van der Waals surface area (Å²) in [5.41, 5.74) is 1.47. The molecule has 0 atom stereocenters. The molecule has 2 fully saturated rings. The first kappa shape index (κ1) is 19.1. The van der Waals surface area contributed by atoms with E-state index in [0.29, 0.717) is 5.56 Å². The molecule has 1 amide bonds. The van der Waals surface area contributed by atoms with Crippen LogP contribution < -0.4 is 4.90 Å². The summed E-state index contributed by atoms with van der Waals surface area (Å²) >= 11 is 0. The van der Waals surface area contributed by atoms with Gasteiger partial charge in [-0.1, -0.05) is 0 Å². The fraction of sp³-hybridized carbons (Fsp3) is 0.750. The topological polar surface area (TPSA) is 52.6 Å². The molecular weight excluding hydrogens is 326 g/mol. The minimum Gasteiger partial charge on any atom is -0.341 e. The average Bonchev–Trinajstić information content (AvgIpc) is 2.67. The molecule has 3 rings (SSSR count). The standard InChI is InChI=1S/C20H33N5O/c1-16-18(15-21-20(22-16)25-10-5-4-6-11-25)19(26)24-13-8-17(9-14-24)7-12-23(2)3/h15,17H,4-14H2,1-3H3. The lowest BCUT2D eigenvalue weighted by Crippen LogP contribution is -2.39. The van der Waals surface area contributed by atoms with Crippen molar-refractivity contribution in [1.29, 1.82) is 0 Å². The third-order valence-corrected chi connectivity index (χ3v) is 5.72. The highest BCUT2D eigenvalue weighted by atomic mass is 16.2. The Morgan fingerprint density at radius 2 is 1.85 bits per heavy atom. The van der Waals surface area contributed by atoms with E-state index >= 15 is 0 Å². The predicted octanol–water partition coefficient (Wildman–Crippen LogP) is 2.58. The Bertz CT molecular complexity index is 604. The molecule has 2 aliphatic heterocycles. The molecule has 0 unspecified atom stereocenters. The van der Waals surface area contributed by atoms with Crippen molar-refractivity contribution >= 4 is 11.9 Å². The number of nitrogens with zero attached hydrogens (tertiary/aromatic N) is 5. The van der Waals surface area contributed by atoms with Gasteiger partial charge in [-0.25, -0.2) is 9.97 Å². The second kappa shape index (κ2) is 8.80. The summed E-state index contributed by atoms with van der Waals surface area (Å²) in [6.07, 6.45) is 8.86. The molecule has 2 aliphatic rings. The van der Waals surface area contributed by atoms with Gasteiger partial charge in [0.05, 0.1) is 11.3 Å². The summed E-state index contributed by atoms with van der Waals surface area (Å²) < 4.78 is 0. The summed E-state index contributed by atoms with van der Waals surface area (Å²) in [4.78, 5) is 28.5. The van der Waals surface area contributed by atoms with Crippen LogP contribution in [-0.4, -0.2) is 72.5 Å². The van der Waals surface area contributed by atoms with Crippen molar-refractivity contribution in [3.63, 3.8) is 0 Å². The zero-order chi connectivity index (χ0) is 18.5. The molecule has 0 bridgehead atoms. The van der Waals surface area contributed by atoms with Gasteiger partial charge in [-0.3, -0.25) is 4.79 Å². The zero-order valence-corrected chi connectivity index (χ0v) is 16.6. The summed E-state index contributed by atoms with van der Waals surface area (Å²) in [5, 5.41) is 0. The van der Waals surface area contributed by atoms with Crippen LogP contribution in [0.1, 0.15) is 54.6 Å². The third kappa shape index (κ3) is 4.72. The Kier molecular flexibility index (Phi) is 6.46. The van der Waals surface area contributed by atoms with Crippen molar-refractivity contribution in [3.05, 3.63) is 17.5 Å². The van der Waals surface area contributed by atoms with Gasteiger partial charge >= 0.3 is 0 Å². The molecule has 144 valence electrons. The number of likely N-dealkylation sites (tertiary alicyclic amines) is 1. The number of carbonyl (C=O) groups excluding carboxylic acids is 1. The van der Waals surface area contributed by atoms with Crippen molar-refractivity contribution in [2.75, 3.05) is 51.7 Å². The number of carbonyl (C=O) groups is 1. The first-order valence-electron chi connectivity index (χ1n) is 10.1. The lowest BCUT2D eigenvalue weighted by Gasteiger charge is -2.33. The molecule has 0 aliphatic carbocycles. The Morgan fingerprint density at radius 1 is 1.15 bits per heavy atom. The first-order chi connectivity index (χ1) is 12.5. The first-order valence-corrected chi connectivity index (χ1v) is 10.1. The molecule has 2 saturated heterocycles. The zero-order valence-electron chi connectivity index (χ0n) is 16.6. The van der Waals surface area contributed by atoms with Crippen LogP contribution in [0.2, 0.25) is 0 Å². The van der Waals surface area contributed by atoms with Gasteiger partial charge in [0.2, 0.25) is 5.95 Å². The van der Waals surface area contributed by atoms with Crippen LogP contribution in [-0.2, 0) is 0 Å². The molecule has 6 nitrogen and oxygen atoms in total. The maximum Gasteiger partial charge on any atom is 0.257 e. The molecule has 0 N–H and O–H groups in total. The number of aryl methyl sites for hydroxylation is 1. The van der Waals surface area contributed by atoms with E-state index in [-0.39, 0.29) is 5.91 Å². The van der Waals surface area contributed by atoms with Crippen molar-refractivity contribution < 1.29 is 4.79 Å². The monoisotopic (exact) mass is 359 g/mol. The number of rotatable bonds is 5. The van der Waals surface area contributed by atoms with Gasteiger partial charge in [-0.05, 0) is 72.0 Å². The van der Waals surface area contributed by atoms with Gasteiger partial charge < -0.3 is 14.7 Å². The molecule has 3 heterocycles. The van der Waals surface area contributed by atoms with Gasteiger partial charge in [-0.15, -0.1) is 0 Å². The Morgan fingerprint density at radius 3 is 2.46 bits per heavy atom.